The molecule has 0 spiro atoms. The third kappa shape index (κ3) is 3.54. The second-order valence-corrected chi connectivity index (χ2v) is 7.11. The van der Waals surface area contributed by atoms with Crippen molar-refractivity contribution in [2.24, 2.45) is 0 Å². The molecule has 28 heavy (non-hydrogen) atoms. The summed E-state index contributed by atoms with van der Waals surface area (Å²) in [5, 5.41) is 7.26. The Morgan fingerprint density at radius 2 is 2.04 bits per heavy atom. The molecular weight excluding hydrogens is 449 g/mol. The Bertz CT molecular complexity index is 1240. The van der Waals surface area contributed by atoms with Crippen LogP contribution in [-0.2, 0) is 6.42 Å². The third-order valence-corrected chi connectivity index (χ3v) is 4.81. The van der Waals surface area contributed by atoms with Crippen LogP contribution in [0.2, 0.25) is 5.02 Å². The van der Waals surface area contributed by atoms with Crippen LogP contribution in [-0.4, -0.2) is 20.2 Å². The Balaban J connectivity index is 1.70. The molecule has 0 aliphatic rings. The monoisotopic (exact) mass is 457 g/mol. The van der Waals surface area contributed by atoms with E-state index in [0.29, 0.717) is 37.6 Å². The first-order valence-electron chi connectivity index (χ1n) is 8.02. The molecule has 0 atom stereocenters. The lowest BCUT2D eigenvalue weighted by Crippen LogP contribution is -1.98. The van der Waals surface area contributed by atoms with Crippen LogP contribution in [0.15, 0.2) is 47.2 Å². The highest BCUT2D eigenvalue weighted by molar-refractivity contribution is 9.10. The molecule has 0 aliphatic carbocycles. The van der Waals surface area contributed by atoms with Crippen LogP contribution in [0.4, 0.5) is 10.1 Å². The number of aromatic amines is 1. The summed E-state index contributed by atoms with van der Waals surface area (Å²) < 4.78 is 21.3. The van der Waals surface area contributed by atoms with Gasteiger partial charge < -0.3 is 4.74 Å². The molecule has 0 saturated heterocycles. The van der Waals surface area contributed by atoms with Crippen molar-refractivity contribution >= 4 is 44.4 Å². The Kier molecular flexibility index (Phi) is 4.94. The Morgan fingerprint density at radius 3 is 2.86 bits per heavy atom. The highest BCUT2D eigenvalue weighted by Crippen LogP contribution is 2.37. The number of benzene rings is 2. The number of halogens is 3. The molecule has 0 aliphatic heterocycles. The van der Waals surface area contributed by atoms with Gasteiger partial charge in [0.2, 0.25) is 0 Å². The van der Waals surface area contributed by atoms with Crippen LogP contribution < -0.4 is 4.74 Å². The lowest BCUT2D eigenvalue weighted by molar-refractivity contribution is 0.436. The van der Waals surface area contributed by atoms with Gasteiger partial charge in [-0.25, -0.2) is 19.2 Å². The predicted octanol–water partition coefficient (Wildman–Crippen LogP) is 5.84. The predicted molar refractivity (Wildman–Crippen MR) is 106 cm³/mol. The van der Waals surface area contributed by atoms with E-state index in [1.807, 2.05) is 0 Å². The van der Waals surface area contributed by atoms with Crippen molar-refractivity contribution in [3.05, 3.63) is 80.7 Å². The van der Waals surface area contributed by atoms with Gasteiger partial charge in [0.05, 0.1) is 16.7 Å². The molecule has 0 radical (unpaired) electrons. The molecule has 0 unspecified atom stereocenters. The fourth-order valence-electron chi connectivity index (χ4n) is 2.71. The molecule has 1 N–H and O–H groups in total. The van der Waals surface area contributed by atoms with Crippen molar-refractivity contribution in [2.75, 3.05) is 0 Å². The quantitative estimate of drug-likeness (QED) is 0.390. The number of H-pyrrole nitrogens is 1. The summed E-state index contributed by atoms with van der Waals surface area (Å²) >= 11 is 9.31. The summed E-state index contributed by atoms with van der Waals surface area (Å²) in [7, 11) is 0. The molecule has 4 rings (SSSR count). The Morgan fingerprint density at radius 1 is 1.21 bits per heavy atom. The molecule has 2 aromatic heterocycles. The lowest BCUT2D eigenvalue weighted by atomic mass is 10.1. The van der Waals surface area contributed by atoms with E-state index in [-0.39, 0.29) is 17.9 Å². The summed E-state index contributed by atoms with van der Waals surface area (Å²) in [6.45, 7) is 7.12. The van der Waals surface area contributed by atoms with Gasteiger partial charge in [-0.05, 0) is 45.8 Å². The normalized spacial score (nSPS) is 10.8. The Hall–Kier alpha value is -3.02. The molecule has 9 heteroatoms. The van der Waals surface area contributed by atoms with Crippen molar-refractivity contribution in [3.63, 3.8) is 0 Å². The van der Waals surface area contributed by atoms with Gasteiger partial charge in [0.15, 0.2) is 22.9 Å². The zero-order valence-corrected chi connectivity index (χ0v) is 16.4. The van der Waals surface area contributed by atoms with E-state index in [4.69, 9.17) is 22.9 Å². The molecule has 0 saturated carbocycles. The van der Waals surface area contributed by atoms with Gasteiger partial charge in [0, 0.05) is 23.8 Å². The molecule has 2 heterocycles. The smallest absolute Gasteiger partial charge is 0.199 e. The third-order valence-electron chi connectivity index (χ3n) is 3.96. The molecular formula is C19H10BrClFN5O. The number of fused-ring (bicyclic) bond motifs is 1. The first kappa shape index (κ1) is 18.3. The van der Waals surface area contributed by atoms with Crippen LogP contribution in [0, 0.1) is 12.4 Å². The molecule has 0 fully saturated rings. The molecule has 0 bridgehead atoms. The molecule has 138 valence electrons. The van der Waals surface area contributed by atoms with Crippen molar-refractivity contribution in [1.82, 2.24) is 20.2 Å². The van der Waals surface area contributed by atoms with E-state index in [0.717, 1.165) is 0 Å². The number of hydrogen-bond acceptors (Lipinski definition) is 4. The van der Waals surface area contributed by atoms with Crippen LogP contribution in [0.1, 0.15) is 11.3 Å². The van der Waals surface area contributed by atoms with Gasteiger partial charge in [0.25, 0.3) is 0 Å². The maximum absolute atomic E-state index is 15.2. The molecule has 2 aromatic carbocycles. The van der Waals surface area contributed by atoms with Crippen LogP contribution >= 0.6 is 27.5 Å². The number of nitrogens with one attached hydrogen (secondary N) is 1. The SMILES string of the molecule is [C-]#[N+]c1cc(Cl)cc(Oc2c(Br)ccc(Cc3[nH]nc4nccnc34)c2F)c1. The summed E-state index contributed by atoms with van der Waals surface area (Å²) in [4.78, 5) is 11.7. The first-order chi connectivity index (χ1) is 13.5. The van der Waals surface area contributed by atoms with E-state index < -0.39 is 5.82 Å². The topological polar surface area (TPSA) is 68.0 Å². The highest BCUT2D eigenvalue weighted by Gasteiger charge is 2.17. The minimum Gasteiger partial charge on any atom is -0.454 e. The summed E-state index contributed by atoms with van der Waals surface area (Å²) in [6, 6.07) is 7.87. The van der Waals surface area contributed by atoms with E-state index in [1.165, 1.54) is 18.2 Å². The fourth-order valence-corrected chi connectivity index (χ4v) is 3.31. The molecule has 4 aromatic rings. The van der Waals surface area contributed by atoms with Crippen LogP contribution in [0.5, 0.6) is 11.5 Å². The van der Waals surface area contributed by atoms with Crippen LogP contribution in [0.25, 0.3) is 16.0 Å². The highest BCUT2D eigenvalue weighted by atomic mass is 79.9. The largest absolute Gasteiger partial charge is 0.454 e. The number of rotatable bonds is 4. The second kappa shape index (κ2) is 7.54. The minimum atomic E-state index is -0.537. The van der Waals surface area contributed by atoms with Gasteiger partial charge in [-0.3, -0.25) is 5.10 Å². The summed E-state index contributed by atoms with van der Waals surface area (Å²) in [5.41, 5.74) is 2.40. The lowest BCUT2D eigenvalue weighted by Gasteiger charge is -2.12. The summed E-state index contributed by atoms with van der Waals surface area (Å²) in [5.74, 6) is -0.260. The average Bonchev–Trinajstić information content (AvgIpc) is 3.10. The number of ether oxygens (including phenoxy) is 1. The van der Waals surface area contributed by atoms with Gasteiger partial charge in [0.1, 0.15) is 11.3 Å². The zero-order chi connectivity index (χ0) is 19.7. The van der Waals surface area contributed by atoms with E-state index >= 15 is 4.39 Å². The molecule has 6 nitrogen and oxygen atoms in total. The van der Waals surface area contributed by atoms with Gasteiger partial charge >= 0.3 is 0 Å². The number of aromatic nitrogens is 4. The van der Waals surface area contributed by atoms with Crippen molar-refractivity contribution in [2.45, 2.75) is 6.42 Å². The fraction of sp³-hybridized carbons (Fsp3) is 0.0526. The number of hydrogen-bond donors (Lipinski definition) is 1. The number of nitrogens with zero attached hydrogens (tertiary/aromatic N) is 4. The molecule has 0 amide bonds. The van der Waals surface area contributed by atoms with Crippen molar-refractivity contribution in [1.29, 1.82) is 0 Å². The zero-order valence-electron chi connectivity index (χ0n) is 14.1. The van der Waals surface area contributed by atoms with Gasteiger partial charge in [-0.2, -0.15) is 5.10 Å². The van der Waals surface area contributed by atoms with Gasteiger partial charge in [-0.1, -0.05) is 17.7 Å². The standard InChI is InChI=1S/C19H10BrClFN5O/c1-23-12-7-11(21)8-13(9-12)28-18-14(20)3-2-10(16(18)22)6-15-17-19(27-26-15)25-5-4-24-17/h2-5,7-9H,6H2,(H,25,26,27). The average molecular weight is 459 g/mol. The van der Waals surface area contributed by atoms with E-state index in [1.54, 1.807) is 24.5 Å². The second-order valence-electron chi connectivity index (χ2n) is 5.82. The maximum atomic E-state index is 15.2. The van der Waals surface area contributed by atoms with Crippen molar-refractivity contribution < 1.29 is 9.13 Å². The van der Waals surface area contributed by atoms with E-state index in [2.05, 4.69) is 40.9 Å². The maximum Gasteiger partial charge on any atom is 0.199 e. The van der Waals surface area contributed by atoms with Crippen molar-refractivity contribution in [3.8, 4) is 11.5 Å². The van der Waals surface area contributed by atoms with Crippen LogP contribution in [0.3, 0.4) is 0 Å². The van der Waals surface area contributed by atoms with Gasteiger partial charge in [-0.15, -0.1) is 0 Å². The first-order valence-corrected chi connectivity index (χ1v) is 9.19. The Labute approximate surface area is 172 Å². The van der Waals surface area contributed by atoms with E-state index in [9.17, 15) is 0 Å². The minimum absolute atomic E-state index is 0.00519. The summed E-state index contributed by atoms with van der Waals surface area (Å²) in [6.07, 6.45) is 3.33.